The minimum Gasteiger partial charge on any atom is -0.481 e. The van der Waals surface area contributed by atoms with Crippen molar-refractivity contribution in [3.63, 3.8) is 0 Å². The third kappa shape index (κ3) is 14.5. The number of rotatable bonds is 17. The van der Waals surface area contributed by atoms with E-state index in [1.54, 1.807) is 0 Å². The predicted molar refractivity (Wildman–Crippen MR) is 100 cm³/mol. The van der Waals surface area contributed by atoms with Crippen molar-refractivity contribution in [1.29, 1.82) is 0 Å². The van der Waals surface area contributed by atoms with E-state index in [9.17, 15) is 9.59 Å². The van der Waals surface area contributed by atoms with Crippen LogP contribution in [0.4, 0.5) is 0 Å². The van der Waals surface area contributed by atoms with E-state index in [2.05, 4.69) is 13.8 Å². The maximum atomic E-state index is 12.2. The summed E-state index contributed by atoms with van der Waals surface area (Å²) in [5.41, 5.74) is 0. The molecule has 0 heterocycles. The molecule has 0 saturated carbocycles. The van der Waals surface area contributed by atoms with Gasteiger partial charge in [-0.15, -0.1) is 0 Å². The van der Waals surface area contributed by atoms with E-state index in [0.717, 1.165) is 25.9 Å². The molecule has 0 aliphatic carbocycles. The highest BCUT2D eigenvalue weighted by Gasteiger charge is 2.14. The lowest BCUT2D eigenvalue weighted by atomic mass is 10.1. The molecule has 0 aromatic rings. The van der Waals surface area contributed by atoms with Crippen LogP contribution in [0.25, 0.3) is 0 Å². The number of carboxylic acid groups (broad SMARTS) is 1. The molecule has 0 aromatic heterocycles. The lowest BCUT2D eigenvalue weighted by Gasteiger charge is -2.22. The van der Waals surface area contributed by atoms with Gasteiger partial charge in [-0.2, -0.15) is 0 Å². The highest BCUT2D eigenvalue weighted by atomic mass is 16.4. The molecule has 0 aromatic carbocycles. The molecule has 0 bridgehead atoms. The van der Waals surface area contributed by atoms with E-state index >= 15 is 0 Å². The van der Waals surface area contributed by atoms with Gasteiger partial charge >= 0.3 is 5.97 Å². The molecule has 0 unspecified atom stereocenters. The first kappa shape index (κ1) is 22.9. The summed E-state index contributed by atoms with van der Waals surface area (Å²) >= 11 is 0. The third-order valence-electron chi connectivity index (χ3n) is 4.47. The Balaban J connectivity index is 4.03. The molecular weight excluding hydrogens is 302 g/mol. The van der Waals surface area contributed by atoms with Gasteiger partial charge in [-0.1, -0.05) is 78.1 Å². The molecule has 0 fully saturated rings. The highest BCUT2D eigenvalue weighted by molar-refractivity contribution is 5.80. The molecule has 0 spiro atoms. The van der Waals surface area contributed by atoms with Crippen LogP contribution < -0.4 is 0 Å². The van der Waals surface area contributed by atoms with Crippen molar-refractivity contribution < 1.29 is 14.7 Å². The van der Waals surface area contributed by atoms with Crippen molar-refractivity contribution in [2.24, 2.45) is 0 Å². The lowest BCUT2D eigenvalue weighted by Crippen LogP contribution is -2.33. The Morgan fingerprint density at radius 1 is 0.667 bits per heavy atom. The summed E-state index contributed by atoms with van der Waals surface area (Å²) in [5.74, 6) is -0.873. The van der Waals surface area contributed by atoms with Crippen molar-refractivity contribution in [2.75, 3.05) is 13.1 Å². The molecular formula is C20H39NO3. The molecule has 0 atom stereocenters. The molecule has 0 radical (unpaired) electrons. The topological polar surface area (TPSA) is 57.6 Å². The van der Waals surface area contributed by atoms with Crippen molar-refractivity contribution in [3.05, 3.63) is 0 Å². The number of carboxylic acids is 1. The van der Waals surface area contributed by atoms with Crippen LogP contribution in [-0.2, 0) is 9.59 Å². The van der Waals surface area contributed by atoms with Crippen LogP contribution in [0.2, 0.25) is 0 Å². The molecule has 0 aliphatic heterocycles. The van der Waals surface area contributed by atoms with E-state index in [1.165, 1.54) is 64.2 Å². The van der Waals surface area contributed by atoms with E-state index in [1.807, 2.05) is 4.90 Å². The Hall–Kier alpha value is -1.06. The average Bonchev–Trinajstić information content (AvgIpc) is 2.56. The molecule has 24 heavy (non-hydrogen) atoms. The smallest absolute Gasteiger partial charge is 0.303 e. The fourth-order valence-electron chi connectivity index (χ4n) is 2.90. The number of carbonyl (C=O) groups excluding carboxylic acids is 1. The summed E-state index contributed by atoms with van der Waals surface area (Å²) in [7, 11) is 0. The monoisotopic (exact) mass is 341 g/mol. The van der Waals surface area contributed by atoms with Gasteiger partial charge in [0.05, 0.1) is 6.42 Å². The van der Waals surface area contributed by atoms with Crippen LogP contribution in [-0.4, -0.2) is 35.0 Å². The van der Waals surface area contributed by atoms with Gasteiger partial charge in [-0.25, -0.2) is 0 Å². The number of hydrogen-bond donors (Lipinski definition) is 1. The molecule has 4 heteroatoms. The number of carbonyl (C=O) groups is 2. The first-order valence-electron chi connectivity index (χ1n) is 10.1. The summed E-state index contributed by atoms with van der Waals surface area (Å²) in [4.78, 5) is 24.8. The van der Waals surface area contributed by atoms with Gasteiger partial charge in [0.25, 0.3) is 0 Å². The van der Waals surface area contributed by atoms with E-state index < -0.39 is 5.97 Å². The van der Waals surface area contributed by atoms with E-state index in [0.29, 0.717) is 0 Å². The van der Waals surface area contributed by atoms with Gasteiger partial charge in [0.2, 0.25) is 5.91 Å². The highest BCUT2D eigenvalue weighted by Crippen LogP contribution is 2.10. The lowest BCUT2D eigenvalue weighted by molar-refractivity contribution is -0.141. The summed E-state index contributed by atoms with van der Waals surface area (Å²) in [5, 5.41) is 8.77. The first-order valence-corrected chi connectivity index (χ1v) is 10.1. The molecule has 0 aliphatic rings. The summed E-state index contributed by atoms with van der Waals surface area (Å²) in [6.07, 6.45) is 14.6. The quantitative estimate of drug-likeness (QED) is 0.360. The fraction of sp³-hybridized carbons (Fsp3) is 0.900. The summed E-state index contributed by atoms with van der Waals surface area (Å²) in [6, 6.07) is 0. The Morgan fingerprint density at radius 2 is 1.08 bits per heavy atom. The normalized spacial score (nSPS) is 10.8. The van der Waals surface area contributed by atoms with Crippen LogP contribution in [0.15, 0.2) is 0 Å². The van der Waals surface area contributed by atoms with Crippen molar-refractivity contribution in [3.8, 4) is 0 Å². The predicted octanol–water partition coefficient (Wildman–Crippen LogP) is 5.40. The molecule has 0 saturated heterocycles. The SMILES string of the molecule is CCCCCCCCN(CCCCCCCC)C(=O)CCC(=O)O. The van der Waals surface area contributed by atoms with Crippen LogP contribution >= 0.6 is 0 Å². The van der Waals surface area contributed by atoms with E-state index in [4.69, 9.17) is 5.11 Å². The Bertz CT molecular complexity index is 302. The summed E-state index contributed by atoms with van der Waals surface area (Å²) in [6.45, 7) is 6.01. The van der Waals surface area contributed by atoms with Gasteiger partial charge < -0.3 is 10.0 Å². The van der Waals surface area contributed by atoms with Gasteiger partial charge in [-0.05, 0) is 12.8 Å². The second-order valence-electron chi connectivity index (χ2n) is 6.81. The zero-order valence-electron chi connectivity index (χ0n) is 16.0. The van der Waals surface area contributed by atoms with Crippen LogP contribution in [0.1, 0.15) is 104 Å². The van der Waals surface area contributed by atoms with Crippen molar-refractivity contribution in [2.45, 2.75) is 104 Å². The van der Waals surface area contributed by atoms with Crippen LogP contribution in [0, 0.1) is 0 Å². The third-order valence-corrected chi connectivity index (χ3v) is 4.47. The zero-order chi connectivity index (χ0) is 18.0. The van der Waals surface area contributed by atoms with Crippen LogP contribution in [0.5, 0.6) is 0 Å². The average molecular weight is 342 g/mol. The maximum absolute atomic E-state index is 12.2. The van der Waals surface area contributed by atoms with Crippen molar-refractivity contribution in [1.82, 2.24) is 4.90 Å². The second-order valence-corrected chi connectivity index (χ2v) is 6.81. The standard InChI is InChI=1S/C20H39NO3/c1-3-5-7-9-11-13-17-21(19(22)15-16-20(23)24)18-14-12-10-8-6-4-2/h3-18H2,1-2H3,(H,23,24). The number of amides is 1. The Kier molecular flexibility index (Phi) is 16.0. The van der Waals surface area contributed by atoms with E-state index in [-0.39, 0.29) is 18.7 Å². The molecule has 0 rings (SSSR count). The minimum atomic E-state index is -0.887. The first-order chi connectivity index (χ1) is 11.6. The Morgan fingerprint density at radius 3 is 1.50 bits per heavy atom. The fourth-order valence-corrected chi connectivity index (χ4v) is 2.90. The minimum absolute atomic E-state index is 0.0134. The number of nitrogens with zero attached hydrogens (tertiary/aromatic N) is 1. The number of aliphatic carboxylic acids is 1. The summed E-state index contributed by atoms with van der Waals surface area (Å²) < 4.78 is 0. The molecule has 4 nitrogen and oxygen atoms in total. The largest absolute Gasteiger partial charge is 0.481 e. The molecule has 1 amide bonds. The van der Waals surface area contributed by atoms with Gasteiger partial charge in [0.1, 0.15) is 0 Å². The van der Waals surface area contributed by atoms with Gasteiger partial charge in [0, 0.05) is 19.5 Å². The number of hydrogen-bond acceptors (Lipinski definition) is 2. The Labute approximate surface area is 149 Å². The number of unbranched alkanes of at least 4 members (excludes halogenated alkanes) is 10. The van der Waals surface area contributed by atoms with Crippen LogP contribution in [0.3, 0.4) is 0 Å². The maximum Gasteiger partial charge on any atom is 0.303 e. The molecule has 142 valence electrons. The zero-order valence-corrected chi connectivity index (χ0v) is 16.0. The second kappa shape index (κ2) is 16.8. The molecule has 1 N–H and O–H groups in total. The van der Waals surface area contributed by atoms with Gasteiger partial charge in [0.15, 0.2) is 0 Å². The van der Waals surface area contributed by atoms with Crippen molar-refractivity contribution >= 4 is 11.9 Å². The van der Waals surface area contributed by atoms with Gasteiger partial charge in [-0.3, -0.25) is 9.59 Å².